The van der Waals surface area contributed by atoms with E-state index in [-0.39, 0.29) is 11.1 Å². The van der Waals surface area contributed by atoms with Gasteiger partial charge >= 0.3 is 0 Å². The third kappa shape index (κ3) is 1.81. The van der Waals surface area contributed by atoms with Crippen molar-refractivity contribution < 1.29 is 4.74 Å². The van der Waals surface area contributed by atoms with E-state index in [0.717, 1.165) is 32.5 Å². The highest BCUT2D eigenvalue weighted by Gasteiger charge is 2.43. The molecule has 2 aliphatic heterocycles. The number of ether oxygens (including phenoxy) is 1. The van der Waals surface area contributed by atoms with Crippen molar-refractivity contribution in [1.82, 2.24) is 10.6 Å². The third-order valence-corrected chi connectivity index (χ3v) is 3.78. The van der Waals surface area contributed by atoms with Crippen LogP contribution >= 0.6 is 0 Å². The van der Waals surface area contributed by atoms with E-state index in [2.05, 4.69) is 31.4 Å². The Morgan fingerprint density at radius 1 is 1.21 bits per heavy atom. The summed E-state index contributed by atoms with van der Waals surface area (Å²) in [6, 6.07) is 0. The van der Waals surface area contributed by atoms with Crippen LogP contribution in [0.1, 0.15) is 33.6 Å². The predicted octanol–water partition coefficient (Wildman–Crippen LogP) is 1.10. The van der Waals surface area contributed by atoms with Crippen molar-refractivity contribution in [2.24, 2.45) is 5.41 Å². The summed E-state index contributed by atoms with van der Waals surface area (Å²) >= 11 is 0. The second kappa shape index (κ2) is 3.47. The minimum atomic E-state index is -0.0276. The molecule has 2 rings (SSSR count). The number of piperidine rings is 1. The summed E-state index contributed by atoms with van der Waals surface area (Å²) in [6.07, 6.45) is 2.53. The maximum Gasteiger partial charge on any atom is 0.122 e. The molecule has 0 bridgehead atoms. The number of hydrogen-bond donors (Lipinski definition) is 2. The Labute approximate surface area is 86.6 Å². The zero-order chi connectivity index (χ0) is 10.2. The van der Waals surface area contributed by atoms with Crippen molar-refractivity contribution in [1.29, 1.82) is 0 Å². The van der Waals surface area contributed by atoms with Crippen LogP contribution in [0.5, 0.6) is 0 Å². The molecule has 3 heteroatoms. The first-order chi connectivity index (χ1) is 6.54. The molecule has 0 radical (unpaired) electrons. The van der Waals surface area contributed by atoms with Gasteiger partial charge in [-0.05, 0) is 20.0 Å². The van der Waals surface area contributed by atoms with Gasteiger partial charge in [0.25, 0.3) is 0 Å². The molecule has 2 fully saturated rings. The largest absolute Gasteiger partial charge is 0.357 e. The van der Waals surface area contributed by atoms with Gasteiger partial charge in [-0.3, -0.25) is 5.32 Å². The quantitative estimate of drug-likeness (QED) is 0.611. The molecule has 0 aromatic carbocycles. The SMILES string of the molecule is CC1OC2(CCNCC2)NCC1(C)C. The zero-order valence-corrected chi connectivity index (χ0v) is 9.52. The average Bonchev–Trinajstić information content (AvgIpc) is 2.15. The van der Waals surface area contributed by atoms with E-state index in [9.17, 15) is 0 Å². The highest BCUT2D eigenvalue weighted by molar-refractivity contribution is 4.94. The molecule has 14 heavy (non-hydrogen) atoms. The first-order valence-corrected chi connectivity index (χ1v) is 5.68. The fourth-order valence-corrected chi connectivity index (χ4v) is 2.20. The number of hydrogen-bond acceptors (Lipinski definition) is 3. The molecule has 1 atom stereocenters. The van der Waals surface area contributed by atoms with Crippen molar-refractivity contribution in [3.8, 4) is 0 Å². The maximum absolute atomic E-state index is 6.18. The predicted molar refractivity (Wildman–Crippen MR) is 57.2 cm³/mol. The summed E-state index contributed by atoms with van der Waals surface area (Å²) in [6.45, 7) is 9.93. The van der Waals surface area contributed by atoms with Crippen molar-refractivity contribution in [3.63, 3.8) is 0 Å². The van der Waals surface area contributed by atoms with Gasteiger partial charge in [0.05, 0.1) is 6.10 Å². The molecule has 0 amide bonds. The topological polar surface area (TPSA) is 33.3 Å². The second-order valence-corrected chi connectivity index (χ2v) is 5.35. The van der Waals surface area contributed by atoms with E-state index in [0.29, 0.717) is 6.10 Å². The summed E-state index contributed by atoms with van der Waals surface area (Å²) in [5, 5.41) is 6.96. The minimum Gasteiger partial charge on any atom is -0.357 e. The highest BCUT2D eigenvalue weighted by atomic mass is 16.5. The van der Waals surface area contributed by atoms with Crippen LogP contribution in [-0.2, 0) is 4.74 Å². The third-order valence-electron chi connectivity index (χ3n) is 3.78. The monoisotopic (exact) mass is 198 g/mol. The van der Waals surface area contributed by atoms with Crippen LogP contribution in [0, 0.1) is 5.41 Å². The molecular weight excluding hydrogens is 176 g/mol. The Morgan fingerprint density at radius 2 is 1.86 bits per heavy atom. The van der Waals surface area contributed by atoms with Crippen molar-refractivity contribution >= 4 is 0 Å². The van der Waals surface area contributed by atoms with E-state index in [1.54, 1.807) is 0 Å². The van der Waals surface area contributed by atoms with Gasteiger partial charge in [0.15, 0.2) is 0 Å². The number of rotatable bonds is 0. The highest BCUT2D eigenvalue weighted by Crippen LogP contribution is 2.34. The van der Waals surface area contributed by atoms with Gasteiger partial charge < -0.3 is 10.1 Å². The molecule has 1 spiro atoms. The molecule has 1 unspecified atom stereocenters. The normalized spacial score (nSPS) is 35.8. The number of nitrogens with one attached hydrogen (secondary N) is 2. The molecule has 2 saturated heterocycles. The minimum absolute atomic E-state index is 0.0276. The van der Waals surface area contributed by atoms with Crippen LogP contribution < -0.4 is 10.6 Å². The van der Waals surface area contributed by atoms with Crippen LogP contribution in [0.25, 0.3) is 0 Å². The van der Waals surface area contributed by atoms with E-state index >= 15 is 0 Å². The fraction of sp³-hybridized carbons (Fsp3) is 1.00. The van der Waals surface area contributed by atoms with Gasteiger partial charge in [0.1, 0.15) is 5.72 Å². The summed E-state index contributed by atoms with van der Waals surface area (Å²) in [5.41, 5.74) is 0.232. The van der Waals surface area contributed by atoms with Gasteiger partial charge in [-0.1, -0.05) is 13.8 Å². The van der Waals surface area contributed by atoms with Crippen molar-refractivity contribution in [2.75, 3.05) is 19.6 Å². The Hall–Kier alpha value is -0.120. The summed E-state index contributed by atoms with van der Waals surface area (Å²) in [5.74, 6) is 0. The average molecular weight is 198 g/mol. The molecule has 82 valence electrons. The molecule has 2 N–H and O–H groups in total. The lowest BCUT2D eigenvalue weighted by molar-refractivity contribution is -0.192. The molecule has 0 aromatic heterocycles. The van der Waals surface area contributed by atoms with Crippen LogP contribution in [0.3, 0.4) is 0 Å². The fourth-order valence-electron chi connectivity index (χ4n) is 2.20. The van der Waals surface area contributed by atoms with Gasteiger partial charge in [-0.2, -0.15) is 0 Å². The van der Waals surface area contributed by atoms with Crippen LogP contribution in [0.15, 0.2) is 0 Å². The van der Waals surface area contributed by atoms with Crippen LogP contribution in [0.4, 0.5) is 0 Å². The zero-order valence-electron chi connectivity index (χ0n) is 9.52. The summed E-state index contributed by atoms with van der Waals surface area (Å²) in [4.78, 5) is 0. The van der Waals surface area contributed by atoms with Crippen molar-refractivity contribution in [3.05, 3.63) is 0 Å². The van der Waals surface area contributed by atoms with E-state index in [4.69, 9.17) is 4.74 Å². The molecular formula is C11H22N2O. The van der Waals surface area contributed by atoms with Crippen LogP contribution in [-0.4, -0.2) is 31.5 Å². The van der Waals surface area contributed by atoms with Gasteiger partial charge in [-0.25, -0.2) is 0 Å². The smallest absolute Gasteiger partial charge is 0.122 e. The van der Waals surface area contributed by atoms with E-state index in [1.807, 2.05) is 0 Å². The van der Waals surface area contributed by atoms with E-state index < -0.39 is 0 Å². The lowest BCUT2D eigenvalue weighted by atomic mass is 9.83. The molecule has 0 aliphatic carbocycles. The Bertz CT molecular complexity index is 209. The maximum atomic E-state index is 6.18. The van der Waals surface area contributed by atoms with Gasteiger partial charge in [0, 0.05) is 24.8 Å². The van der Waals surface area contributed by atoms with Crippen molar-refractivity contribution in [2.45, 2.75) is 45.4 Å². The first-order valence-electron chi connectivity index (χ1n) is 5.68. The summed E-state index contributed by atoms with van der Waals surface area (Å²) < 4.78 is 6.18. The molecule has 0 aromatic rings. The lowest BCUT2D eigenvalue weighted by Gasteiger charge is -2.50. The Kier molecular flexibility index (Phi) is 2.58. The first kappa shape index (κ1) is 10.4. The molecule has 2 aliphatic rings. The molecule has 0 saturated carbocycles. The Morgan fingerprint density at radius 3 is 2.43 bits per heavy atom. The Balaban J connectivity index is 2.03. The van der Waals surface area contributed by atoms with Crippen LogP contribution in [0.2, 0.25) is 0 Å². The molecule has 3 nitrogen and oxygen atoms in total. The molecule has 2 heterocycles. The van der Waals surface area contributed by atoms with Gasteiger partial charge in [-0.15, -0.1) is 0 Å². The second-order valence-electron chi connectivity index (χ2n) is 5.35. The van der Waals surface area contributed by atoms with E-state index in [1.165, 1.54) is 0 Å². The summed E-state index contributed by atoms with van der Waals surface area (Å²) in [7, 11) is 0. The van der Waals surface area contributed by atoms with Gasteiger partial charge in [0.2, 0.25) is 0 Å². The lowest BCUT2D eigenvalue weighted by Crippen LogP contribution is -2.63. The standard InChI is InChI=1S/C11H22N2O/c1-9-10(2,3)8-13-11(14-9)4-6-12-7-5-11/h9,12-13H,4-8H2,1-3H3.